The molecule has 1 N–H and O–H groups in total. The van der Waals surface area contributed by atoms with E-state index in [2.05, 4.69) is 11.3 Å². The van der Waals surface area contributed by atoms with E-state index in [1.165, 1.54) is 6.92 Å². The summed E-state index contributed by atoms with van der Waals surface area (Å²) < 4.78 is 9.40. The largest absolute Gasteiger partial charge is 0.481 e. The first-order valence-electron chi connectivity index (χ1n) is 5.13. The molecule has 0 amide bonds. The maximum Gasteiger partial charge on any atom is 0.333 e. The van der Waals surface area contributed by atoms with Crippen molar-refractivity contribution in [2.75, 3.05) is 13.2 Å². The van der Waals surface area contributed by atoms with E-state index < -0.39 is 17.9 Å². The van der Waals surface area contributed by atoms with Crippen molar-refractivity contribution >= 4 is 17.9 Å². The standard InChI is InChI=1S/C11H16O6/c1-8(2)11(15)17-7-5-10(14)16-6-3-4-9(12)13/h1,3-7H2,2H3,(H,12,13). The Bertz CT molecular complexity index is 307. The Kier molecular flexibility index (Phi) is 7.41. The first-order valence-corrected chi connectivity index (χ1v) is 5.13. The summed E-state index contributed by atoms with van der Waals surface area (Å²) in [6.07, 6.45) is 0.177. The van der Waals surface area contributed by atoms with Gasteiger partial charge in [0, 0.05) is 12.0 Å². The highest BCUT2D eigenvalue weighted by Crippen LogP contribution is 1.96. The Morgan fingerprint density at radius 2 is 1.76 bits per heavy atom. The Hall–Kier alpha value is -1.85. The number of hydrogen-bond acceptors (Lipinski definition) is 5. The van der Waals surface area contributed by atoms with Gasteiger partial charge in [0.05, 0.1) is 13.0 Å². The third kappa shape index (κ3) is 9.10. The molecule has 0 spiro atoms. The molecule has 6 heteroatoms. The van der Waals surface area contributed by atoms with Gasteiger partial charge < -0.3 is 14.6 Å². The van der Waals surface area contributed by atoms with Crippen LogP contribution in [0.1, 0.15) is 26.2 Å². The van der Waals surface area contributed by atoms with Crippen LogP contribution in [0.15, 0.2) is 12.2 Å². The van der Waals surface area contributed by atoms with E-state index in [1.54, 1.807) is 0 Å². The fourth-order valence-corrected chi connectivity index (χ4v) is 0.832. The summed E-state index contributed by atoms with van der Waals surface area (Å²) in [5.41, 5.74) is 0.264. The van der Waals surface area contributed by atoms with Crippen molar-refractivity contribution in [2.45, 2.75) is 26.2 Å². The molecule has 6 nitrogen and oxygen atoms in total. The smallest absolute Gasteiger partial charge is 0.333 e. The van der Waals surface area contributed by atoms with Crippen molar-refractivity contribution in [1.82, 2.24) is 0 Å². The molecule has 0 radical (unpaired) electrons. The van der Waals surface area contributed by atoms with E-state index in [4.69, 9.17) is 9.84 Å². The third-order valence-electron chi connectivity index (χ3n) is 1.69. The summed E-state index contributed by atoms with van der Waals surface area (Å²) in [5.74, 6) is -2.01. The highest BCUT2D eigenvalue weighted by Gasteiger charge is 2.07. The van der Waals surface area contributed by atoms with E-state index >= 15 is 0 Å². The van der Waals surface area contributed by atoms with Gasteiger partial charge in [0.2, 0.25) is 0 Å². The molecule has 0 aliphatic rings. The highest BCUT2D eigenvalue weighted by molar-refractivity contribution is 5.87. The van der Waals surface area contributed by atoms with Gasteiger partial charge in [0.1, 0.15) is 6.61 Å². The first-order chi connectivity index (χ1) is 7.93. The molecule has 96 valence electrons. The molecular weight excluding hydrogens is 228 g/mol. The number of hydrogen-bond donors (Lipinski definition) is 1. The van der Waals surface area contributed by atoms with Crippen molar-refractivity contribution in [3.63, 3.8) is 0 Å². The van der Waals surface area contributed by atoms with E-state index in [-0.39, 0.29) is 38.0 Å². The van der Waals surface area contributed by atoms with Gasteiger partial charge in [-0.1, -0.05) is 6.58 Å². The van der Waals surface area contributed by atoms with Gasteiger partial charge in [-0.15, -0.1) is 0 Å². The molecule has 0 atom stereocenters. The molecule has 0 rings (SSSR count). The lowest BCUT2D eigenvalue weighted by atomic mass is 10.3. The van der Waals surface area contributed by atoms with E-state index in [1.807, 2.05) is 0 Å². The van der Waals surface area contributed by atoms with Crippen LogP contribution in [0.25, 0.3) is 0 Å². The van der Waals surface area contributed by atoms with Crippen LogP contribution < -0.4 is 0 Å². The molecule has 0 heterocycles. The summed E-state index contributed by atoms with van der Waals surface area (Å²) in [7, 11) is 0. The number of carboxylic acids is 1. The number of carbonyl (C=O) groups excluding carboxylic acids is 2. The minimum Gasteiger partial charge on any atom is -0.481 e. The van der Waals surface area contributed by atoms with Gasteiger partial charge in [-0.2, -0.15) is 0 Å². The Morgan fingerprint density at radius 3 is 2.29 bits per heavy atom. The molecule has 0 aromatic carbocycles. The molecule has 0 aliphatic heterocycles. The Labute approximate surface area is 99.2 Å². The van der Waals surface area contributed by atoms with Crippen LogP contribution >= 0.6 is 0 Å². The SMILES string of the molecule is C=C(C)C(=O)OCCC(=O)OCCCC(=O)O. The van der Waals surface area contributed by atoms with Crippen LogP contribution in [0.5, 0.6) is 0 Å². The molecule has 0 aromatic heterocycles. The predicted molar refractivity (Wildman–Crippen MR) is 58.2 cm³/mol. The maximum absolute atomic E-state index is 11.1. The van der Waals surface area contributed by atoms with Crippen molar-refractivity contribution in [3.05, 3.63) is 12.2 Å². The van der Waals surface area contributed by atoms with Crippen LogP contribution in [0.4, 0.5) is 0 Å². The van der Waals surface area contributed by atoms with E-state index in [0.29, 0.717) is 0 Å². The number of carbonyl (C=O) groups is 3. The summed E-state index contributed by atoms with van der Waals surface area (Å²) in [4.78, 5) is 32.1. The molecule has 0 saturated heterocycles. The summed E-state index contributed by atoms with van der Waals surface area (Å²) in [6, 6.07) is 0. The lowest BCUT2D eigenvalue weighted by Crippen LogP contribution is -2.13. The normalized spacial score (nSPS) is 9.47. The summed E-state index contributed by atoms with van der Waals surface area (Å²) >= 11 is 0. The van der Waals surface area contributed by atoms with Gasteiger partial charge in [0.25, 0.3) is 0 Å². The third-order valence-corrected chi connectivity index (χ3v) is 1.69. The van der Waals surface area contributed by atoms with Crippen LogP contribution in [-0.4, -0.2) is 36.2 Å². The fraction of sp³-hybridized carbons (Fsp3) is 0.545. The monoisotopic (exact) mass is 244 g/mol. The second-order valence-corrected chi connectivity index (χ2v) is 3.38. The molecule has 0 saturated carbocycles. The van der Waals surface area contributed by atoms with Gasteiger partial charge in [0.15, 0.2) is 0 Å². The van der Waals surface area contributed by atoms with E-state index in [9.17, 15) is 14.4 Å². The van der Waals surface area contributed by atoms with Gasteiger partial charge in [-0.05, 0) is 13.3 Å². The zero-order valence-corrected chi connectivity index (χ0v) is 9.73. The van der Waals surface area contributed by atoms with Crippen molar-refractivity contribution in [2.24, 2.45) is 0 Å². The average molecular weight is 244 g/mol. The molecule has 0 aliphatic carbocycles. The first kappa shape index (κ1) is 15.2. The summed E-state index contributed by atoms with van der Waals surface area (Å²) in [5, 5.41) is 8.33. The number of ether oxygens (including phenoxy) is 2. The van der Waals surface area contributed by atoms with Crippen LogP contribution in [0, 0.1) is 0 Å². The van der Waals surface area contributed by atoms with E-state index in [0.717, 1.165) is 0 Å². The quantitative estimate of drug-likeness (QED) is 0.387. The fourth-order valence-electron chi connectivity index (χ4n) is 0.832. The second-order valence-electron chi connectivity index (χ2n) is 3.38. The minimum absolute atomic E-state index is 0.0437. The molecule has 0 unspecified atom stereocenters. The van der Waals surface area contributed by atoms with Crippen LogP contribution in [0.3, 0.4) is 0 Å². The lowest BCUT2D eigenvalue weighted by molar-refractivity contribution is -0.148. The Morgan fingerprint density at radius 1 is 1.12 bits per heavy atom. The highest BCUT2D eigenvalue weighted by atomic mass is 16.5. The molecule has 0 aromatic rings. The average Bonchev–Trinajstić information content (AvgIpc) is 2.23. The lowest BCUT2D eigenvalue weighted by Gasteiger charge is -2.05. The predicted octanol–water partition coefficient (Wildman–Crippen LogP) is 0.904. The zero-order chi connectivity index (χ0) is 13.3. The number of carboxylic acid groups (broad SMARTS) is 1. The van der Waals surface area contributed by atoms with Crippen molar-refractivity contribution in [3.8, 4) is 0 Å². The van der Waals surface area contributed by atoms with Crippen molar-refractivity contribution in [1.29, 1.82) is 0 Å². The summed E-state index contributed by atoms with van der Waals surface area (Å²) in [6.45, 7) is 4.88. The van der Waals surface area contributed by atoms with Gasteiger partial charge in [-0.3, -0.25) is 9.59 Å². The number of aliphatic carboxylic acids is 1. The Balaban J connectivity index is 3.50. The maximum atomic E-state index is 11.1. The number of rotatable bonds is 8. The second kappa shape index (κ2) is 8.32. The van der Waals surface area contributed by atoms with Crippen molar-refractivity contribution < 1.29 is 29.0 Å². The number of esters is 2. The molecule has 0 fully saturated rings. The molecule has 0 bridgehead atoms. The minimum atomic E-state index is -0.934. The topological polar surface area (TPSA) is 89.9 Å². The molecular formula is C11H16O6. The molecule has 17 heavy (non-hydrogen) atoms. The van der Waals surface area contributed by atoms with Crippen LogP contribution in [-0.2, 0) is 23.9 Å². The zero-order valence-electron chi connectivity index (χ0n) is 9.73. The van der Waals surface area contributed by atoms with Gasteiger partial charge >= 0.3 is 17.9 Å². The van der Waals surface area contributed by atoms with Gasteiger partial charge in [-0.25, -0.2) is 4.79 Å². The van der Waals surface area contributed by atoms with Crippen LogP contribution in [0.2, 0.25) is 0 Å².